The summed E-state index contributed by atoms with van der Waals surface area (Å²) in [6.07, 6.45) is 2.08. The molecule has 1 saturated carbocycles. The summed E-state index contributed by atoms with van der Waals surface area (Å²) in [6, 6.07) is 0. The molecule has 0 bridgehead atoms. The van der Waals surface area contributed by atoms with Crippen LogP contribution in [0.5, 0.6) is 0 Å². The van der Waals surface area contributed by atoms with E-state index in [1.54, 1.807) is 6.92 Å². The number of hydrogen-bond donors (Lipinski definition) is 1. The second-order valence-electron chi connectivity index (χ2n) is 3.69. The number of aliphatic hydroxyl groups excluding tert-OH is 1. The minimum Gasteiger partial charge on any atom is -0.393 e. The molecular weight excluding hydrogens is 140 g/mol. The largest absolute Gasteiger partial charge is 0.393 e. The molecule has 0 heterocycles. The summed E-state index contributed by atoms with van der Waals surface area (Å²) in [5, 5.41) is 9.24. The normalized spacial score (nSPS) is 35.4. The fourth-order valence-corrected chi connectivity index (χ4v) is 1.72. The fourth-order valence-electron chi connectivity index (χ4n) is 1.72. The molecule has 0 aromatic rings. The van der Waals surface area contributed by atoms with E-state index < -0.39 is 6.10 Å². The number of rotatable bonds is 1. The molecule has 0 amide bonds. The van der Waals surface area contributed by atoms with E-state index in [0.717, 1.165) is 12.8 Å². The smallest absolute Gasteiger partial charge is 0.138 e. The maximum Gasteiger partial charge on any atom is 0.138 e. The summed E-state index contributed by atoms with van der Waals surface area (Å²) in [5.41, 5.74) is 0. The zero-order chi connectivity index (χ0) is 8.43. The molecule has 1 aliphatic carbocycles. The monoisotopic (exact) mass is 156 g/mol. The van der Waals surface area contributed by atoms with Crippen molar-refractivity contribution in [2.45, 2.75) is 39.2 Å². The third kappa shape index (κ3) is 2.03. The lowest BCUT2D eigenvalue weighted by Crippen LogP contribution is -2.31. The predicted molar refractivity (Wildman–Crippen MR) is 43.2 cm³/mol. The van der Waals surface area contributed by atoms with Crippen molar-refractivity contribution in [3.05, 3.63) is 0 Å². The van der Waals surface area contributed by atoms with E-state index in [9.17, 15) is 9.90 Å². The van der Waals surface area contributed by atoms with Gasteiger partial charge in [0, 0.05) is 12.3 Å². The summed E-state index contributed by atoms with van der Waals surface area (Å²) in [7, 11) is 0. The molecule has 0 radical (unpaired) electrons. The van der Waals surface area contributed by atoms with Gasteiger partial charge in [-0.25, -0.2) is 0 Å². The van der Waals surface area contributed by atoms with Gasteiger partial charge in [-0.05, 0) is 25.7 Å². The third-order valence-corrected chi connectivity index (χ3v) is 2.54. The predicted octanol–water partition coefficient (Wildman–Crippen LogP) is 1.37. The highest BCUT2D eigenvalue weighted by molar-refractivity contribution is 5.82. The molecule has 0 aromatic carbocycles. The lowest BCUT2D eigenvalue weighted by atomic mass is 9.79. The third-order valence-electron chi connectivity index (χ3n) is 2.54. The topological polar surface area (TPSA) is 37.3 Å². The van der Waals surface area contributed by atoms with Gasteiger partial charge in [0.2, 0.25) is 0 Å². The van der Waals surface area contributed by atoms with Crippen molar-refractivity contribution in [1.82, 2.24) is 0 Å². The maximum atomic E-state index is 11.2. The van der Waals surface area contributed by atoms with Gasteiger partial charge in [-0.1, -0.05) is 6.92 Å². The highest BCUT2D eigenvalue weighted by Gasteiger charge is 2.29. The van der Waals surface area contributed by atoms with Crippen LogP contribution in [0.3, 0.4) is 0 Å². The number of aliphatic hydroxyl groups is 1. The molecule has 0 saturated heterocycles. The van der Waals surface area contributed by atoms with Gasteiger partial charge >= 0.3 is 0 Å². The summed E-state index contributed by atoms with van der Waals surface area (Å²) in [5.74, 6) is 0.768. The molecule has 64 valence electrons. The van der Waals surface area contributed by atoms with Crippen LogP contribution in [0, 0.1) is 11.8 Å². The van der Waals surface area contributed by atoms with Crippen LogP contribution in [0.2, 0.25) is 0 Å². The average Bonchev–Trinajstić information content (AvgIpc) is 1.94. The van der Waals surface area contributed by atoms with E-state index in [-0.39, 0.29) is 11.7 Å². The van der Waals surface area contributed by atoms with E-state index in [1.807, 2.05) is 0 Å². The van der Waals surface area contributed by atoms with Crippen molar-refractivity contribution in [3.8, 4) is 0 Å². The summed E-state index contributed by atoms with van der Waals surface area (Å²) in [4.78, 5) is 11.2. The molecule has 1 fully saturated rings. The SMILES string of the molecule is CC1CCC(=O)C(C(C)O)C1. The van der Waals surface area contributed by atoms with Gasteiger partial charge in [0.1, 0.15) is 5.78 Å². The quantitative estimate of drug-likeness (QED) is 0.622. The Balaban J connectivity index is 2.54. The molecule has 2 nitrogen and oxygen atoms in total. The van der Waals surface area contributed by atoms with E-state index in [0.29, 0.717) is 12.3 Å². The van der Waals surface area contributed by atoms with Gasteiger partial charge in [0.15, 0.2) is 0 Å². The van der Waals surface area contributed by atoms with Crippen LogP contribution in [0.25, 0.3) is 0 Å². The number of carbonyl (C=O) groups is 1. The second kappa shape index (κ2) is 3.35. The molecule has 1 rings (SSSR count). The molecule has 1 aliphatic rings. The lowest BCUT2D eigenvalue weighted by Gasteiger charge is -2.27. The Morgan fingerprint density at radius 2 is 2.27 bits per heavy atom. The molecule has 11 heavy (non-hydrogen) atoms. The molecule has 3 unspecified atom stereocenters. The minimum absolute atomic E-state index is 0.0845. The van der Waals surface area contributed by atoms with Crippen LogP contribution < -0.4 is 0 Å². The summed E-state index contributed by atoms with van der Waals surface area (Å²) < 4.78 is 0. The van der Waals surface area contributed by atoms with Crippen molar-refractivity contribution >= 4 is 5.78 Å². The van der Waals surface area contributed by atoms with Gasteiger partial charge < -0.3 is 5.11 Å². The van der Waals surface area contributed by atoms with Gasteiger partial charge in [0.25, 0.3) is 0 Å². The molecule has 2 heteroatoms. The molecule has 0 aromatic heterocycles. The van der Waals surface area contributed by atoms with Crippen LogP contribution in [-0.4, -0.2) is 17.0 Å². The fraction of sp³-hybridized carbons (Fsp3) is 0.889. The maximum absolute atomic E-state index is 11.2. The standard InChI is InChI=1S/C9H16O2/c1-6-3-4-9(11)8(5-6)7(2)10/h6-8,10H,3-5H2,1-2H3. The Bertz CT molecular complexity index is 152. The van der Waals surface area contributed by atoms with Crippen LogP contribution in [0.15, 0.2) is 0 Å². The lowest BCUT2D eigenvalue weighted by molar-refractivity contribution is -0.129. The Morgan fingerprint density at radius 3 is 2.73 bits per heavy atom. The van der Waals surface area contributed by atoms with Gasteiger partial charge in [0.05, 0.1) is 6.10 Å². The van der Waals surface area contributed by atoms with Crippen LogP contribution in [-0.2, 0) is 4.79 Å². The summed E-state index contributed by atoms with van der Waals surface area (Å²) >= 11 is 0. The molecule has 3 atom stereocenters. The zero-order valence-corrected chi connectivity index (χ0v) is 7.21. The van der Waals surface area contributed by atoms with Crippen molar-refractivity contribution in [2.24, 2.45) is 11.8 Å². The highest BCUT2D eigenvalue weighted by atomic mass is 16.3. The summed E-state index contributed by atoms with van der Waals surface area (Å²) in [6.45, 7) is 3.85. The highest BCUT2D eigenvalue weighted by Crippen LogP contribution is 2.27. The minimum atomic E-state index is -0.453. The first kappa shape index (κ1) is 8.72. The van der Waals surface area contributed by atoms with E-state index in [1.165, 1.54) is 0 Å². The molecule has 0 spiro atoms. The van der Waals surface area contributed by atoms with E-state index in [4.69, 9.17) is 0 Å². The number of carbonyl (C=O) groups excluding carboxylic acids is 1. The number of Topliss-reactive ketones (excluding diaryl/α,β-unsaturated/α-hetero) is 1. The molecular formula is C9H16O2. The van der Waals surface area contributed by atoms with Gasteiger partial charge in [-0.3, -0.25) is 4.79 Å². The van der Waals surface area contributed by atoms with Crippen LogP contribution in [0.4, 0.5) is 0 Å². The first-order chi connectivity index (χ1) is 5.11. The first-order valence-corrected chi connectivity index (χ1v) is 4.32. The van der Waals surface area contributed by atoms with Crippen LogP contribution in [0.1, 0.15) is 33.1 Å². The Hall–Kier alpha value is -0.370. The van der Waals surface area contributed by atoms with E-state index >= 15 is 0 Å². The Morgan fingerprint density at radius 1 is 1.64 bits per heavy atom. The number of hydrogen-bond acceptors (Lipinski definition) is 2. The Labute approximate surface area is 67.6 Å². The Kier molecular flexibility index (Phi) is 2.66. The molecule has 1 N–H and O–H groups in total. The second-order valence-corrected chi connectivity index (χ2v) is 3.69. The molecule has 0 aliphatic heterocycles. The number of ketones is 1. The van der Waals surface area contributed by atoms with Gasteiger partial charge in [-0.2, -0.15) is 0 Å². The van der Waals surface area contributed by atoms with Crippen molar-refractivity contribution in [3.63, 3.8) is 0 Å². The van der Waals surface area contributed by atoms with Crippen molar-refractivity contribution in [1.29, 1.82) is 0 Å². The van der Waals surface area contributed by atoms with Crippen molar-refractivity contribution < 1.29 is 9.90 Å². The zero-order valence-electron chi connectivity index (χ0n) is 7.21. The van der Waals surface area contributed by atoms with Crippen LogP contribution >= 0.6 is 0 Å². The van der Waals surface area contributed by atoms with Gasteiger partial charge in [-0.15, -0.1) is 0 Å². The van der Waals surface area contributed by atoms with E-state index in [2.05, 4.69) is 6.92 Å². The average molecular weight is 156 g/mol. The van der Waals surface area contributed by atoms with Crippen molar-refractivity contribution in [2.75, 3.05) is 0 Å². The first-order valence-electron chi connectivity index (χ1n) is 4.32.